The Kier molecular flexibility index (Phi) is 5.51. The molecule has 0 aliphatic heterocycles. The summed E-state index contributed by atoms with van der Waals surface area (Å²) in [6.45, 7) is 1.31. The summed E-state index contributed by atoms with van der Waals surface area (Å²) in [6, 6.07) is 6.97. The Morgan fingerprint density at radius 2 is 2.26 bits per heavy atom. The molecule has 1 aromatic carbocycles. The molecule has 0 spiro atoms. The second-order valence-electron chi connectivity index (χ2n) is 5.59. The number of Topliss-reactive ketones (excluding diaryl/α,β-unsaturated/α-hetero) is 1. The number of nitro groups is 1. The second kappa shape index (κ2) is 7.21. The van der Waals surface area contributed by atoms with E-state index in [1.807, 2.05) is 0 Å². The number of halogens is 1. The molecule has 1 aliphatic rings. The molecule has 0 radical (unpaired) electrons. The van der Waals surface area contributed by atoms with Crippen molar-refractivity contribution in [2.24, 2.45) is 5.41 Å². The van der Waals surface area contributed by atoms with Crippen LogP contribution in [0, 0.1) is 15.5 Å². The fraction of sp³-hybridized carbons (Fsp3) is 0.500. The predicted molar refractivity (Wildman–Crippen MR) is 86.7 cm³/mol. The van der Waals surface area contributed by atoms with Gasteiger partial charge in [-0.1, -0.05) is 28.1 Å². The Bertz CT molecular complexity index is 633. The van der Waals surface area contributed by atoms with E-state index in [1.54, 1.807) is 31.2 Å². The molecule has 1 fully saturated rings. The summed E-state index contributed by atoms with van der Waals surface area (Å²) in [5, 5.41) is 11.2. The number of hydrogen-bond acceptors (Lipinski definition) is 5. The van der Waals surface area contributed by atoms with Gasteiger partial charge >= 0.3 is 5.97 Å². The van der Waals surface area contributed by atoms with Gasteiger partial charge in [-0.25, -0.2) is 0 Å². The topological polar surface area (TPSA) is 86.5 Å². The number of carbonyl (C=O) groups is 2. The molecule has 0 saturated heterocycles. The van der Waals surface area contributed by atoms with E-state index in [0.29, 0.717) is 12.0 Å². The predicted octanol–water partition coefficient (Wildman–Crippen LogP) is 3.11. The summed E-state index contributed by atoms with van der Waals surface area (Å²) < 4.78 is 5.86. The largest absolute Gasteiger partial charge is 0.465 e. The minimum absolute atomic E-state index is 0.136. The third kappa shape index (κ3) is 3.44. The van der Waals surface area contributed by atoms with Crippen LogP contribution in [0.4, 0.5) is 0 Å². The van der Waals surface area contributed by atoms with Crippen LogP contribution in [0.2, 0.25) is 0 Å². The first kappa shape index (κ1) is 17.6. The quantitative estimate of drug-likeness (QED) is 0.326. The van der Waals surface area contributed by atoms with Gasteiger partial charge in [-0.2, -0.15) is 0 Å². The van der Waals surface area contributed by atoms with Crippen molar-refractivity contribution in [2.45, 2.75) is 32.1 Å². The zero-order chi connectivity index (χ0) is 17.0. The Morgan fingerprint density at radius 3 is 2.78 bits per heavy atom. The molecule has 0 unspecified atom stereocenters. The maximum Gasteiger partial charge on any atom is 0.320 e. The number of hydrogen-bond donors (Lipinski definition) is 0. The maximum absolute atomic E-state index is 12.6. The van der Waals surface area contributed by atoms with Gasteiger partial charge in [0.05, 0.1) is 12.5 Å². The third-order valence-corrected chi connectivity index (χ3v) is 4.78. The number of carbonyl (C=O) groups excluding carboxylic acids is 2. The number of rotatable bonds is 6. The number of nitrogens with zero attached hydrogens (tertiary/aromatic N) is 1. The van der Waals surface area contributed by atoms with Crippen LogP contribution in [0.25, 0.3) is 0 Å². The number of esters is 1. The lowest BCUT2D eigenvalue weighted by Gasteiger charge is -2.31. The monoisotopic (exact) mass is 383 g/mol. The summed E-state index contributed by atoms with van der Waals surface area (Å²) >= 11 is 3.33. The highest BCUT2D eigenvalue weighted by Gasteiger charge is 2.57. The van der Waals surface area contributed by atoms with Crippen LogP contribution >= 0.6 is 15.9 Å². The summed E-state index contributed by atoms with van der Waals surface area (Å²) in [4.78, 5) is 35.9. The van der Waals surface area contributed by atoms with Crippen molar-refractivity contribution in [3.05, 3.63) is 44.4 Å². The van der Waals surface area contributed by atoms with E-state index < -0.39 is 28.8 Å². The van der Waals surface area contributed by atoms with Crippen molar-refractivity contribution >= 4 is 27.7 Å². The molecule has 2 atom stereocenters. The van der Waals surface area contributed by atoms with Crippen molar-refractivity contribution in [1.29, 1.82) is 0 Å². The van der Waals surface area contributed by atoms with Crippen molar-refractivity contribution < 1.29 is 19.2 Å². The van der Waals surface area contributed by atoms with Crippen LogP contribution < -0.4 is 0 Å². The maximum atomic E-state index is 12.6. The minimum atomic E-state index is -1.45. The highest BCUT2D eigenvalue weighted by atomic mass is 79.9. The highest BCUT2D eigenvalue weighted by Crippen LogP contribution is 2.48. The SMILES string of the molecule is CCOC(=O)[C@]1([C@@H](C[N+](=O)[O-])c2cccc(Br)c2)CCCC1=O. The molecular formula is C16H18BrNO5. The molecule has 0 bridgehead atoms. The van der Waals surface area contributed by atoms with Gasteiger partial charge in [-0.15, -0.1) is 0 Å². The molecule has 1 aromatic rings. The van der Waals surface area contributed by atoms with E-state index >= 15 is 0 Å². The van der Waals surface area contributed by atoms with Crippen molar-refractivity contribution in [3.63, 3.8) is 0 Å². The molecule has 0 amide bonds. The van der Waals surface area contributed by atoms with E-state index in [0.717, 1.165) is 4.47 Å². The number of benzene rings is 1. The molecule has 23 heavy (non-hydrogen) atoms. The Labute approximate surface area is 142 Å². The molecule has 1 aliphatic carbocycles. The van der Waals surface area contributed by atoms with Gasteiger partial charge in [0, 0.05) is 15.8 Å². The summed E-state index contributed by atoms with van der Waals surface area (Å²) in [5.74, 6) is -1.74. The molecule has 7 heteroatoms. The van der Waals surface area contributed by atoms with Gasteiger partial charge in [0.1, 0.15) is 5.41 Å². The normalized spacial score (nSPS) is 21.9. The molecular weight excluding hydrogens is 366 g/mol. The second-order valence-corrected chi connectivity index (χ2v) is 6.51. The van der Waals surface area contributed by atoms with E-state index in [-0.39, 0.29) is 25.2 Å². The zero-order valence-electron chi connectivity index (χ0n) is 12.8. The van der Waals surface area contributed by atoms with Crippen molar-refractivity contribution in [3.8, 4) is 0 Å². The first-order chi connectivity index (χ1) is 10.9. The van der Waals surface area contributed by atoms with Gasteiger partial charge in [0.25, 0.3) is 0 Å². The highest BCUT2D eigenvalue weighted by molar-refractivity contribution is 9.10. The van der Waals surface area contributed by atoms with Gasteiger partial charge < -0.3 is 4.74 Å². The average molecular weight is 384 g/mol. The Balaban J connectivity index is 2.55. The van der Waals surface area contributed by atoms with Crippen LogP contribution in [-0.4, -0.2) is 29.8 Å². The van der Waals surface area contributed by atoms with Crippen LogP contribution in [0.3, 0.4) is 0 Å². The lowest BCUT2D eigenvalue weighted by molar-refractivity contribution is -0.485. The van der Waals surface area contributed by atoms with Gasteiger partial charge in [-0.3, -0.25) is 19.7 Å². The molecule has 0 heterocycles. The Morgan fingerprint density at radius 1 is 1.52 bits per heavy atom. The summed E-state index contributed by atoms with van der Waals surface area (Å²) in [5.41, 5.74) is -0.858. The van der Waals surface area contributed by atoms with E-state index in [9.17, 15) is 19.7 Å². The fourth-order valence-electron chi connectivity index (χ4n) is 3.30. The molecule has 6 nitrogen and oxygen atoms in total. The summed E-state index contributed by atoms with van der Waals surface area (Å²) in [7, 11) is 0. The van der Waals surface area contributed by atoms with E-state index in [2.05, 4.69) is 15.9 Å². The molecule has 1 saturated carbocycles. The van der Waals surface area contributed by atoms with Crippen LogP contribution in [0.15, 0.2) is 28.7 Å². The van der Waals surface area contributed by atoms with Crippen LogP contribution in [0.1, 0.15) is 37.7 Å². The zero-order valence-corrected chi connectivity index (χ0v) is 14.4. The standard InChI is InChI=1S/C16H18BrNO5/c1-2-23-15(20)16(8-4-7-14(16)19)13(10-18(21)22)11-5-3-6-12(17)9-11/h3,5-6,9,13H,2,4,7-8,10H2,1H3/t13-,16-/m0/s1. The van der Waals surface area contributed by atoms with Gasteiger partial charge in [0.2, 0.25) is 6.54 Å². The number of ether oxygens (including phenoxy) is 1. The first-order valence-corrected chi connectivity index (χ1v) is 8.29. The fourth-order valence-corrected chi connectivity index (χ4v) is 3.71. The lowest BCUT2D eigenvalue weighted by Crippen LogP contribution is -2.45. The Hall–Kier alpha value is -1.76. The van der Waals surface area contributed by atoms with E-state index in [1.165, 1.54) is 0 Å². The molecule has 0 aromatic heterocycles. The smallest absolute Gasteiger partial charge is 0.320 e. The number of ketones is 1. The molecule has 2 rings (SSSR count). The minimum Gasteiger partial charge on any atom is -0.465 e. The van der Waals surface area contributed by atoms with Crippen LogP contribution in [0.5, 0.6) is 0 Å². The van der Waals surface area contributed by atoms with Gasteiger partial charge in [0.15, 0.2) is 5.78 Å². The molecule has 124 valence electrons. The molecule has 0 N–H and O–H groups in total. The third-order valence-electron chi connectivity index (χ3n) is 4.29. The first-order valence-electron chi connectivity index (χ1n) is 7.49. The lowest BCUT2D eigenvalue weighted by atomic mass is 9.70. The van der Waals surface area contributed by atoms with Crippen molar-refractivity contribution in [1.82, 2.24) is 0 Å². The van der Waals surface area contributed by atoms with Gasteiger partial charge in [-0.05, 0) is 37.5 Å². The summed E-state index contributed by atoms with van der Waals surface area (Å²) in [6.07, 6.45) is 1.08. The van der Waals surface area contributed by atoms with Crippen LogP contribution in [-0.2, 0) is 14.3 Å². The average Bonchev–Trinajstić information content (AvgIpc) is 2.87. The van der Waals surface area contributed by atoms with E-state index in [4.69, 9.17) is 4.74 Å². The van der Waals surface area contributed by atoms with Crippen molar-refractivity contribution in [2.75, 3.05) is 13.2 Å².